The number of carbonyl (C=O) groups excluding carboxylic acids is 1. The molecule has 2 aliphatic heterocycles. The molecule has 0 saturated carbocycles. The van der Waals surface area contributed by atoms with E-state index in [0.717, 1.165) is 22.0 Å². The lowest BCUT2D eigenvalue weighted by molar-refractivity contribution is -0.384. The van der Waals surface area contributed by atoms with Gasteiger partial charge in [0, 0.05) is 35.3 Å². The van der Waals surface area contributed by atoms with Gasteiger partial charge in [0.25, 0.3) is 5.69 Å². The average Bonchev–Trinajstić information content (AvgIpc) is 3.10. The Hall–Kier alpha value is -4.65. The molecular weight excluding hydrogens is 480 g/mol. The van der Waals surface area contributed by atoms with Crippen LogP contribution in [0.2, 0.25) is 0 Å². The first-order valence-corrected chi connectivity index (χ1v) is 12.5. The number of esters is 1. The molecule has 1 spiro atoms. The minimum Gasteiger partial charge on any atom is -0.463 e. The molecule has 2 aliphatic rings. The van der Waals surface area contributed by atoms with Gasteiger partial charge in [-0.3, -0.25) is 14.9 Å². The van der Waals surface area contributed by atoms with Crippen LogP contribution in [0, 0.1) is 10.1 Å². The minimum atomic E-state index is -0.931. The van der Waals surface area contributed by atoms with Gasteiger partial charge in [-0.2, -0.15) is 0 Å². The van der Waals surface area contributed by atoms with Gasteiger partial charge in [-0.15, -0.1) is 0 Å². The molecule has 38 heavy (non-hydrogen) atoms. The third kappa shape index (κ3) is 3.62. The van der Waals surface area contributed by atoms with Crippen molar-refractivity contribution in [3.63, 3.8) is 0 Å². The molecule has 0 amide bonds. The molecule has 2 heterocycles. The molecule has 4 aromatic rings. The van der Waals surface area contributed by atoms with Crippen molar-refractivity contribution >= 4 is 34.2 Å². The van der Waals surface area contributed by atoms with Crippen molar-refractivity contribution < 1.29 is 19.2 Å². The molecule has 4 aromatic carbocycles. The summed E-state index contributed by atoms with van der Waals surface area (Å²) in [4.78, 5) is 26.1. The largest absolute Gasteiger partial charge is 0.463 e. The van der Waals surface area contributed by atoms with E-state index in [2.05, 4.69) is 24.8 Å². The van der Waals surface area contributed by atoms with E-state index in [1.54, 1.807) is 12.1 Å². The van der Waals surface area contributed by atoms with Gasteiger partial charge >= 0.3 is 5.97 Å². The zero-order valence-corrected chi connectivity index (χ0v) is 21.1. The van der Waals surface area contributed by atoms with Crippen LogP contribution < -0.4 is 14.4 Å². The monoisotopic (exact) mass is 506 g/mol. The molecule has 1 atom stereocenters. The highest BCUT2D eigenvalue weighted by atomic mass is 16.6. The van der Waals surface area contributed by atoms with Gasteiger partial charge in [-0.25, -0.2) is 0 Å². The number of ether oxygens (including phenoxy) is 2. The van der Waals surface area contributed by atoms with Crippen molar-refractivity contribution in [1.82, 2.24) is 0 Å². The average molecular weight is 507 g/mol. The van der Waals surface area contributed by atoms with Gasteiger partial charge in [0.2, 0.25) is 5.72 Å². The smallest absolute Gasteiger partial charge is 0.313 e. The molecular formula is C31H26N2O5. The highest BCUT2D eigenvalue weighted by molar-refractivity contribution is 5.90. The Kier molecular flexibility index (Phi) is 5.45. The van der Waals surface area contributed by atoms with Crippen LogP contribution in [0.1, 0.15) is 31.4 Å². The number of rotatable bonds is 5. The predicted molar refractivity (Wildman–Crippen MR) is 147 cm³/mol. The Balaban J connectivity index is 1.31. The zero-order chi connectivity index (χ0) is 26.5. The second-order valence-electron chi connectivity index (χ2n) is 10.1. The fraction of sp³-hybridized carbons (Fsp3) is 0.194. The molecule has 6 rings (SSSR count). The third-order valence-corrected chi connectivity index (χ3v) is 7.64. The Morgan fingerprint density at radius 1 is 1.00 bits per heavy atom. The highest BCUT2D eigenvalue weighted by Gasteiger charge is 2.58. The molecule has 7 heteroatoms. The summed E-state index contributed by atoms with van der Waals surface area (Å²) in [6.45, 7) is 4.58. The van der Waals surface area contributed by atoms with Crippen molar-refractivity contribution in [1.29, 1.82) is 0 Å². The lowest BCUT2D eigenvalue weighted by atomic mass is 9.76. The number of para-hydroxylation sites is 1. The molecule has 1 unspecified atom stereocenters. The van der Waals surface area contributed by atoms with Gasteiger partial charge < -0.3 is 14.4 Å². The van der Waals surface area contributed by atoms with Crippen molar-refractivity contribution in [2.45, 2.75) is 31.4 Å². The molecule has 7 nitrogen and oxygen atoms in total. The maximum absolute atomic E-state index is 13.1. The van der Waals surface area contributed by atoms with Crippen molar-refractivity contribution in [3.05, 3.63) is 112 Å². The third-order valence-electron chi connectivity index (χ3n) is 7.64. The standard InChI is InChI=1S/C31H26N2O5/c1-30(2)25-11-5-6-12-26(25)32(31(30)18-16-22-20-23(33(35)36)14-15-27(22)38-31)19-17-29(34)37-28-13-7-9-21-8-3-4-10-24(21)28/h3-16,18,20H,17,19H2,1-2H3. The molecule has 0 radical (unpaired) electrons. The number of non-ortho nitro benzene ring substituents is 1. The van der Waals surface area contributed by atoms with Gasteiger partial charge in [0.05, 0.1) is 16.8 Å². The number of nitrogens with zero attached hydrogens (tertiary/aromatic N) is 2. The van der Waals surface area contributed by atoms with Crippen LogP contribution in [-0.4, -0.2) is 23.2 Å². The normalized spacial score (nSPS) is 18.6. The number of hydrogen-bond donors (Lipinski definition) is 0. The number of benzene rings is 4. The summed E-state index contributed by atoms with van der Waals surface area (Å²) in [6, 6.07) is 26.2. The molecule has 0 aromatic heterocycles. The summed E-state index contributed by atoms with van der Waals surface area (Å²) < 4.78 is 12.5. The van der Waals surface area contributed by atoms with Crippen LogP contribution in [0.3, 0.4) is 0 Å². The van der Waals surface area contributed by atoms with Crippen LogP contribution in [0.5, 0.6) is 11.5 Å². The van der Waals surface area contributed by atoms with Crippen molar-refractivity contribution in [3.8, 4) is 11.5 Å². The van der Waals surface area contributed by atoms with E-state index < -0.39 is 16.1 Å². The number of anilines is 1. The van der Waals surface area contributed by atoms with E-state index in [1.165, 1.54) is 12.1 Å². The fourth-order valence-corrected chi connectivity index (χ4v) is 5.65. The molecule has 0 bridgehead atoms. The van der Waals surface area contributed by atoms with Crippen LogP contribution in [0.4, 0.5) is 11.4 Å². The van der Waals surface area contributed by atoms with Crippen LogP contribution in [0.15, 0.2) is 91.0 Å². The first kappa shape index (κ1) is 23.7. The molecule has 0 fully saturated rings. The van der Waals surface area contributed by atoms with Gasteiger partial charge in [-0.1, -0.05) is 54.6 Å². The van der Waals surface area contributed by atoms with E-state index >= 15 is 0 Å². The number of fused-ring (bicyclic) bond motifs is 3. The SMILES string of the molecule is CC1(C)c2ccccc2N(CCC(=O)Oc2cccc3ccccc23)C12C=Cc1cc([N+](=O)[O-])ccc1O2. The van der Waals surface area contributed by atoms with Crippen LogP contribution >= 0.6 is 0 Å². The summed E-state index contributed by atoms with van der Waals surface area (Å²) in [5.74, 6) is 0.756. The molecule has 0 N–H and O–H groups in total. The summed E-state index contributed by atoms with van der Waals surface area (Å²) >= 11 is 0. The quantitative estimate of drug-likeness (QED) is 0.131. The lowest BCUT2D eigenvalue weighted by Gasteiger charge is -2.47. The van der Waals surface area contributed by atoms with Gasteiger partial charge in [0.1, 0.15) is 11.5 Å². The van der Waals surface area contributed by atoms with Gasteiger partial charge in [-0.05, 0) is 55.1 Å². The Bertz CT molecular complexity index is 1620. The molecule has 190 valence electrons. The Morgan fingerprint density at radius 2 is 1.76 bits per heavy atom. The predicted octanol–water partition coefficient (Wildman–Crippen LogP) is 6.64. The first-order chi connectivity index (χ1) is 18.3. The van der Waals surface area contributed by atoms with Crippen molar-refractivity contribution in [2.24, 2.45) is 0 Å². The summed E-state index contributed by atoms with van der Waals surface area (Å²) in [6.07, 6.45) is 3.97. The first-order valence-electron chi connectivity index (χ1n) is 12.5. The Labute approximate surface area is 220 Å². The summed E-state index contributed by atoms with van der Waals surface area (Å²) in [7, 11) is 0. The lowest BCUT2D eigenvalue weighted by Crippen LogP contribution is -2.60. The van der Waals surface area contributed by atoms with Crippen LogP contribution in [-0.2, 0) is 10.2 Å². The summed E-state index contributed by atoms with van der Waals surface area (Å²) in [5.41, 5.74) is 1.31. The second kappa shape index (κ2) is 8.73. The molecule has 0 saturated heterocycles. The van der Waals surface area contributed by atoms with E-state index in [1.807, 2.05) is 66.7 Å². The highest BCUT2D eigenvalue weighted by Crippen LogP contribution is 2.55. The van der Waals surface area contributed by atoms with Crippen molar-refractivity contribution in [2.75, 3.05) is 11.4 Å². The maximum Gasteiger partial charge on any atom is 0.313 e. The number of nitro groups is 1. The van der Waals surface area contributed by atoms with E-state index in [4.69, 9.17) is 9.47 Å². The maximum atomic E-state index is 13.1. The number of carbonyl (C=O) groups is 1. The van der Waals surface area contributed by atoms with E-state index in [9.17, 15) is 14.9 Å². The summed E-state index contributed by atoms with van der Waals surface area (Å²) in [5, 5.41) is 13.2. The van der Waals surface area contributed by atoms with Crippen LogP contribution in [0.25, 0.3) is 16.8 Å². The molecule has 0 aliphatic carbocycles. The Morgan fingerprint density at radius 3 is 2.61 bits per heavy atom. The number of hydrogen-bond acceptors (Lipinski definition) is 6. The van der Waals surface area contributed by atoms with E-state index in [-0.39, 0.29) is 18.1 Å². The second-order valence-corrected chi connectivity index (χ2v) is 10.1. The fourth-order valence-electron chi connectivity index (χ4n) is 5.65. The topological polar surface area (TPSA) is 81.9 Å². The van der Waals surface area contributed by atoms with E-state index in [0.29, 0.717) is 23.6 Å². The minimum absolute atomic E-state index is 0.00922. The number of nitro benzene ring substituents is 1. The zero-order valence-electron chi connectivity index (χ0n) is 21.1. The van der Waals surface area contributed by atoms with Gasteiger partial charge in [0.15, 0.2) is 0 Å².